The van der Waals surface area contributed by atoms with E-state index in [-0.39, 0.29) is 65.5 Å². The number of hydrogen-bond acceptors (Lipinski definition) is 6. The maximum Gasteiger partial charge on any atom is 0.417 e. The van der Waals surface area contributed by atoms with Crippen LogP contribution in [0.15, 0.2) is 46.6 Å². The molecule has 2 unspecified atom stereocenters. The number of rotatable bonds is 5. The quantitative estimate of drug-likeness (QED) is 0.262. The minimum absolute atomic E-state index is 0.0282. The van der Waals surface area contributed by atoms with E-state index in [1.807, 2.05) is 4.90 Å². The first-order valence-corrected chi connectivity index (χ1v) is 15.6. The van der Waals surface area contributed by atoms with E-state index in [1.165, 1.54) is 10.6 Å². The molecule has 14 heteroatoms. The summed E-state index contributed by atoms with van der Waals surface area (Å²) in [4.78, 5) is 36.0. The molecule has 2 fully saturated rings. The number of likely N-dealkylation sites (tertiary alicyclic amines) is 1. The number of carbonyl (C=O) groups excluding carboxylic acids is 1. The zero-order valence-electron chi connectivity index (χ0n) is 24.6. The lowest BCUT2D eigenvalue weighted by Gasteiger charge is -2.45. The van der Waals surface area contributed by atoms with E-state index in [0.717, 1.165) is 30.0 Å². The number of anilines is 1. The number of thioether (sulfide) groups is 1. The standard InChI is InChI=1S/C31H31F6N5O2S/c1-4-25(43)40-11-17(3)41(12-16(40)2)29-22-10-23(31(35,36)37)26(21-6-5-18(32)9-24(21)34)28-27(22)42(30(44)38-29)20(15-45-28)14-39-8-7-19(33)13-39/h4-6,9-10,16-17,19-20H,1,7-8,11-15H2,2-3H3/t16-,17+,19?,20?/m1/s1. The van der Waals surface area contributed by atoms with Crippen molar-refractivity contribution in [2.45, 2.75) is 55.6 Å². The highest BCUT2D eigenvalue weighted by Crippen LogP contribution is 2.50. The summed E-state index contributed by atoms with van der Waals surface area (Å²) in [5, 5.41) is 0.0488. The highest BCUT2D eigenvalue weighted by molar-refractivity contribution is 7.99. The first-order chi connectivity index (χ1) is 21.3. The molecule has 0 spiro atoms. The van der Waals surface area contributed by atoms with E-state index in [2.05, 4.69) is 11.6 Å². The number of alkyl halides is 4. The zero-order valence-corrected chi connectivity index (χ0v) is 25.4. The Morgan fingerprint density at radius 1 is 1.13 bits per heavy atom. The third-order valence-corrected chi connectivity index (χ3v) is 10.1. The molecule has 0 N–H and O–H groups in total. The Labute approximate surface area is 259 Å². The van der Waals surface area contributed by atoms with Gasteiger partial charge in [-0.2, -0.15) is 18.2 Å². The van der Waals surface area contributed by atoms with Crippen LogP contribution in [-0.2, 0) is 11.0 Å². The molecule has 3 aromatic rings. The number of benzene rings is 2. The number of aromatic nitrogens is 2. The monoisotopic (exact) mass is 651 g/mol. The summed E-state index contributed by atoms with van der Waals surface area (Å²) >= 11 is 1.06. The Morgan fingerprint density at radius 3 is 2.53 bits per heavy atom. The van der Waals surface area contributed by atoms with E-state index in [9.17, 15) is 31.5 Å². The second-order valence-electron chi connectivity index (χ2n) is 11.9. The van der Waals surface area contributed by atoms with E-state index < -0.39 is 58.4 Å². The molecule has 6 rings (SSSR count). The van der Waals surface area contributed by atoms with Gasteiger partial charge in [0.15, 0.2) is 0 Å². The molecule has 0 aliphatic carbocycles. The predicted molar refractivity (Wildman–Crippen MR) is 160 cm³/mol. The molecule has 1 amide bonds. The summed E-state index contributed by atoms with van der Waals surface area (Å²) < 4.78 is 89.0. The van der Waals surface area contributed by atoms with Crippen LogP contribution in [0.1, 0.15) is 31.9 Å². The summed E-state index contributed by atoms with van der Waals surface area (Å²) in [6.45, 7) is 8.44. The Morgan fingerprint density at radius 2 is 1.89 bits per heavy atom. The van der Waals surface area contributed by atoms with Crippen LogP contribution in [0, 0.1) is 11.6 Å². The van der Waals surface area contributed by atoms with Gasteiger partial charge in [-0.25, -0.2) is 18.0 Å². The van der Waals surface area contributed by atoms with Crippen LogP contribution in [-0.4, -0.2) is 82.0 Å². The Kier molecular flexibility index (Phi) is 8.17. The van der Waals surface area contributed by atoms with Gasteiger partial charge < -0.3 is 9.80 Å². The van der Waals surface area contributed by atoms with E-state index in [4.69, 9.17) is 0 Å². The third kappa shape index (κ3) is 5.60. The van der Waals surface area contributed by atoms with Crippen molar-refractivity contribution in [3.05, 3.63) is 64.6 Å². The Bertz CT molecular complexity index is 1750. The molecule has 0 bridgehead atoms. The Balaban J connectivity index is 1.62. The maximum atomic E-state index is 15.2. The predicted octanol–water partition coefficient (Wildman–Crippen LogP) is 5.66. The van der Waals surface area contributed by atoms with E-state index >= 15 is 4.39 Å². The molecule has 0 radical (unpaired) electrons. The molecule has 0 saturated carbocycles. The molecule has 240 valence electrons. The number of amides is 1. The van der Waals surface area contributed by atoms with Gasteiger partial charge in [-0.1, -0.05) is 6.58 Å². The van der Waals surface area contributed by atoms with Gasteiger partial charge in [-0.15, -0.1) is 11.8 Å². The van der Waals surface area contributed by atoms with Gasteiger partial charge >= 0.3 is 11.9 Å². The molecule has 1 aromatic heterocycles. The van der Waals surface area contributed by atoms with Crippen LogP contribution < -0.4 is 10.6 Å². The number of hydrogen-bond donors (Lipinski definition) is 0. The van der Waals surface area contributed by atoms with Crippen molar-refractivity contribution >= 4 is 34.4 Å². The smallest absolute Gasteiger partial charge is 0.349 e. The lowest BCUT2D eigenvalue weighted by Crippen LogP contribution is -2.58. The summed E-state index contributed by atoms with van der Waals surface area (Å²) in [7, 11) is 0. The van der Waals surface area contributed by atoms with E-state index in [0.29, 0.717) is 19.0 Å². The SMILES string of the molecule is C=CC(=O)N1C[C@H](C)N(c2nc(=O)n3c4c(c(-c5ccc(F)cc5F)c(C(F)(F)F)cc24)SCC3CN2CCC(F)C2)C[C@H]1C. The van der Waals surface area contributed by atoms with Crippen molar-refractivity contribution in [1.82, 2.24) is 19.4 Å². The molecule has 45 heavy (non-hydrogen) atoms. The topological polar surface area (TPSA) is 61.7 Å². The van der Waals surface area contributed by atoms with Crippen molar-refractivity contribution in [2.24, 2.45) is 0 Å². The summed E-state index contributed by atoms with van der Waals surface area (Å²) in [6.07, 6.45) is -4.42. The maximum absolute atomic E-state index is 15.2. The summed E-state index contributed by atoms with van der Waals surface area (Å²) in [5.41, 5.74) is -2.60. The lowest BCUT2D eigenvalue weighted by molar-refractivity contribution is -0.137. The fourth-order valence-corrected chi connectivity index (χ4v) is 8.05. The first-order valence-electron chi connectivity index (χ1n) is 14.6. The van der Waals surface area contributed by atoms with E-state index in [1.54, 1.807) is 23.6 Å². The molecule has 4 heterocycles. The van der Waals surface area contributed by atoms with Gasteiger partial charge in [0.25, 0.3) is 0 Å². The number of nitrogens with zero attached hydrogens (tertiary/aromatic N) is 5. The van der Waals surface area contributed by atoms with Crippen molar-refractivity contribution in [3.8, 4) is 11.1 Å². The normalized spacial score (nSPS) is 24.0. The molecular formula is C31H31F6N5O2S. The Hall–Kier alpha value is -3.52. The molecule has 3 aliphatic rings. The third-order valence-electron chi connectivity index (χ3n) is 8.84. The highest BCUT2D eigenvalue weighted by atomic mass is 32.2. The van der Waals surface area contributed by atoms with Gasteiger partial charge in [-0.05, 0) is 44.5 Å². The molecule has 3 aliphatic heterocycles. The number of carbonyl (C=O) groups is 1. The highest BCUT2D eigenvalue weighted by Gasteiger charge is 2.41. The molecule has 2 aromatic carbocycles. The minimum atomic E-state index is -4.95. The van der Waals surface area contributed by atoms with Crippen LogP contribution in [0.5, 0.6) is 0 Å². The van der Waals surface area contributed by atoms with Crippen molar-refractivity contribution in [3.63, 3.8) is 0 Å². The van der Waals surface area contributed by atoms with Crippen LogP contribution in [0.2, 0.25) is 0 Å². The molecule has 7 nitrogen and oxygen atoms in total. The average molecular weight is 652 g/mol. The number of piperazine rings is 1. The minimum Gasteiger partial charge on any atom is -0.349 e. The van der Waals surface area contributed by atoms with Crippen LogP contribution in [0.4, 0.5) is 32.2 Å². The first kappa shape index (κ1) is 31.5. The van der Waals surface area contributed by atoms with Crippen molar-refractivity contribution in [1.29, 1.82) is 0 Å². The summed E-state index contributed by atoms with van der Waals surface area (Å²) in [5.74, 6) is -2.21. The van der Waals surface area contributed by atoms with Gasteiger partial charge in [-0.3, -0.25) is 14.3 Å². The fraction of sp³-hybridized carbons (Fsp3) is 0.452. The molecule has 4 atom stereocenters. The van der Waals surface area contributed by atoms with Gasteiger partial charge in [0, 0.05) is 78.0 Å². The fourth-order valence-electron chi connectivity index (χ4n) is 6.72. The van der Waals surface area contributed by atoms with Gasteiger partial charge in [0.1, 0.15) is 23.6 Å². The van der Waals surface area contributed by atoms with Crippen LogP contribution in [0.25, 0.3) is 22.0 Å². The zero-order chi connectivity index (χ0) is 32.4. The van der Waals surface area contributed by atoms with Crippen LogP contribution >= 0.6 is 11.8 Å². The van der Waals surface area contributed by atoms with Gasteiger partial charge in [0.05, 0.1) is 17.1 Å². The average Bonchev–Trinajstić information content (AvgIpc) is 3.39. The van der Waals surface area contributed by atoms with Crippen molar-refractivity contribution < 1.29 is 31.1 Å². The largest absolute Gasteiger partial charge is 0.417 e. The second kappa shape index (κ2) is 11.7. The molecule has 2 saturated heterocycles. The van der Waals surface area contributed by atoms with Gasteiger partial charge in [0.2, 0.25) is 5.91 Å². The summed E-state index contributed by atoms with van der Waals surface area (Å²) in [6, 6.07) is 1.93. The lowest BCUT2D eigenvalue weighted by atomic mass is 9.95. The molecular weight excluding hydrogens is 620 g/mol. The van der Waals surface area contributed by atoms with Crippen LogP contribution in [0.3, 0.4) is 0 Å². The van der Waals surface area contributed by atoms with Crippen molar-refractivity contribution in [2.75, 3.05) is 43.4 Å². The number of halogens is 6. The second-order valence-corrected chi connectivity index (χ2v) is 12.9.